The van der Waals surface area contributed by atoms with Gasteiger partial charge >= 0.3 is 6.18 Å². The van der Waals surface area contributed by atoms with E-state index < -0.39 is 12.3 Å². The molecule has 1 N–H and O–H groups in total. The van der Waals surface area contributed by atoms with Gasteiger partial charge in [0.1, 0.15) is 5.76 Å². The number of aryl methyl sites for hydroxylation is 1. The van der Waals surface area contributed by atoms with Crippen LogP contribution in [0.5, 0.6) is 0 Å². The first-order chi connectivity index (χ1) is 8.27. The van der Waals surface area contributed by atoms with E-state index in [4.69, 9.17) is 4.74 Å². The molecular weight excluding hydrogens is 245 g/mol. The fourth-order valence-corrected chi connectivity index (χ4v) is 1.58. The molecule has 1 aromatic carbocycles. The summed E-state index contributed by atoms with van der Waals surface area (Å²) in [5.41, 5.74) is 1.24. The molecule has 0 heterocycles. The second kappa shape index (κ2) is 5.44. The maximum absolute atomic E-state index is 12.4. The largest absolute Gasteiger partial charge is 0.496 e. The summed E-state index contributed by atoms with van der Waals surface area (Å²) in [6.07, 6.45) is -7.22. The Balaban J connectivity index is 3.19. The van der Waals surface area contributed by atoms with Crippen molar-refractivity contribution in [1.82, 2.24) is 0 Å². The van der Waals surface area contributed by atoms with Crippen molar-refractivity contribution in [3.05, 3.63) is 41.0 Å². The van der Waals surface area contributed by atoms with Crippen LogP contribution in [0.25, 0.3) is 5.76 Å². The van der Waals surface area contributed by atoms with E-state index in [1.54, 1.807) is 24.3 Å². The summed E-state index contributed by atoms with van der Waals surface area (Å²) in [6, 6.07) is 6.84. The van der Waals surface area contributed by atoms with Crippen LogP contribution >= 0.6 is 0 Å². The van der Waals surface area contributed by atoms with E-state index >= 15 is 0 Å². The van der Waals surface area contributed by atoms with Gasteiger partial charge in [0.05, 0.1) is 7.11 Å². The van der Waals surface area contributed by atoms with Crippen LogP contribution in [-0.2, 0) is 4.74 Å². The second-order valence-corrected chi connectivity index (χ2v) is 4.03. The summed E-state index contributed by atoms with van der Waals surface area (Å²) in [4.78, 5) is 0. The Morgan fingerprint density at radius 3 is 2.11 bits per heavy atom. The number of rotatable bonds is 3. The van der Waals surface area contributed by atoms with Crippen LogP contribution in [0.15, 0.2) is 29.8 Å². The second-order valence-electron chi connectivity index (χ2n) is 4.03. The van der Waals surface area contributed by atoms with Crippen LogP contribution in [0, 0.1) is 6.92 Å². The van der Waals surface area contributed by atoms with Crippen LogP contribution in [0.3, 0.4) is 0 Å². The summed E-state index contributed by atoms with van der Waals surface area (Å²) >= 11 is 0. The van der Waals surface area contributed by atoms with E-state index in [-0.39, 0.29) is 11.3 Å². The minimum Gasteiger partial charge on any atom is -0.496 e. The average molecular weight is 260 g/mol. The van der Waals surface area contributed by atoms with E-state index in [1.807, 2.05) is 6.92 Å². The summed E-state index contributed by atoms with van der Waals surface area (Å²) < 4.78 is 42.3. The maximum Gasteiger partial charge on any atom is 0.418 e. The number of aliphatic hydroxyl groups excluding tert-OH is 1. The van der Waals surface area contributed by atoms with Crippen LogP contribution < -0.4 is 0 Å². The van der Waals surface area contributed by atoms with Gasteiger partial charge in [-0.05, 0) is 13.8 Å². The highest BCUT2D eigenvalue weighted by atomic mass is 19.4. The molecule has 5 heteroatoms. The van der Waals surface area contributed by atoms with Crippen molar-refractivity contribution in [3.63, 3.8) is 0 Å². The van der Waals surface area contributed by atoms with E-state index in [0.717, 1.165) is 5.56 Å². The Morgan fingerprint density at radius 1 is 1.22 bits per heavy atom. The highest BCUT2D eigenvalue weighted by Crippen LogP contribution is 2.30. The van der Waals surface area contributed by atoms with Crippen molar-refractivity contribution >= 4 is 5.76 Å². The third kappa shape index (κ3) is 3.26. The molecule has 1 atom stereocenters. The van der Waals surface area contributed by atoms with Crippen molar-refractivity contribution in [3.8, 4) is 0 Å². The Kier molecular flexibility index (Phi) is 4.40. The van der Waals surface area contributed by atoms with Crippen molar-refractivity contribution in [2.24, 2.45) is 0 Å². The zero-order valence-electron chi connectivity index (χ0n) is 10.4. The number of halogens is 3. The number of benzene rings is 1. The molecule has 0 radical (unpaired) electrons. The third-order valence-electron chi connectivity index (χ3n) is 2.60. The Morgan fingerprint density at radius 2 is 1.72 bits per heavy atom. The van der Waals surface area contributed by atoms with Gasteiger partial charge in [-0.15, -0.1) is 0 Å². The lowest BCUT2D eigenvalue weighted by atomic mass is 10.0. The predicted molar refractivity (Wildman–Crippen MR) is 62.8 cm³/mol. The lowest BCUT2D eigenvalue weighted by Crippen LogP contribution is -2.30. The fourth-order valence-electron chi connectivity index (χ4n) is 1.58. The van der Waals surface area contributed by atoms with Gasteiger partial charge in [0.15, 0.2) is 6.10 Å². The molecule has 0 bridgehead atoms. The van der Waals surface area contributed by atoms with E-state index in [2.05, 4.69) is 0 Å². The van der Waals surface area contributed by atoms with Gasteiger partial charge in [-0.25, -0.2) is 0 Å². The first-order valence-electron chi connectivity index (χ1n) is 5.34. The van der Waals surface area contributed by atoms with Gasteiger partial charge in [-0.1, -0.05) is 29.8 Å². The van der Waals surface area contributed by atoms with Crippen LogP contribution in [0.4, 0.5) is 13.2 Å². The summed E-state index contributed by atoms with van der Waals surface area (Å²) in [5.74, 6) is 0.0415. The molecular formula is C13H15F3O2. The minimum atomic E-state index is -4.70. The van der Waals surface area contributed by atoms with Gasteiger partial charge in [0, 0.05) is 11.1 Å². The number of hydrogen-bond donors (Lipinski definition) is 1. The zero-order valence-corrected chi connectivity index (χ0v) is 10.4. The van der Waals surface area contributed by atoms with Gasteiger partial charge in [0.25, 0.3) is 0 Å². The van der Waals surface area contributed by atoms with Crippen molar-refractivity contribution < 1.29 is 23.0 Å². The molecule has 18 heavy (non-hydrogen) atoms. The van der Waals surface area contributed by atoms with Crippen molar-refractivity contribution in [1.29, 1.82) is 0 Å². The van der Waals surface area contributed by atoms with Crippen LogP contribution in [0.2, 0.25) is 0 Å². The van der Waals surface area contributed by atoms with Crippen LogP contribution in [-0.4, -0.2) is 24.5 Å². The van der Waals surface area contributed by atoms with E-state index in [0.29, 0.717) is 5.56 Å². The number of hydrogen-bond acceptors (Lipinski definition) is 2. The standard InChI is InChI=1S/C13H15F3O2/c1-8-4-6-10(7-5-8)11(18-3)9(2)12(17)13(14,15)16/h4-7,12,17H,1-3H3/b11-9+/t12-/m1/s1. The van der Waals surface area contributed by atoms with Crippen molar-refractivity contribution in [2.45, 2.75) is 26.1 Å². The number of ether oxygens (including phenoxy) is 1. The van der Waals surface area contributed by atoms with Gasteiger partial charge in [0.2, 0.25) is 0 Å². The normalized spacial score (nSPS) is 15.1. The monoisotopic (exact) mass is 260 g/mol. The van der Waals surface area contributed by atoms with E-state index in [1.165, 1.54) is 14.0 Å². The third-order valence-corrected chi connectivity index (χ3v) is 2.60. The lowest BCUT2D eigenvalue weighted by Gasteiger charge is -2.18. The zero-order chi connectivity index (χ0) is 13.9. The van der Waals surface area contributed by atoms with Crippen molar-refractivity contribution in [2.75, 3.05) is 7.11 Å². The quantitative estimate of drug-likeness (QED) is 0.845. The summed E-state index contributed by atoms with van der Waals surface area (Å²) in [6.45, 7) is 3.08. The van der Waals surface area contributed by atoms with Gasteiger partial charge in [-0.2, -0.15) is 13.2 Å². The molecule has 0 saturated carbocycles. The number of alkyl halides is 3. The number of methoxy groups -OCH3 is 1. The SMILES string of the molecule is CO/C(=C(\C)[C@@H](O)C(F)(F)F)c1ccc(C)cc1. The molecule has 0 aliphatic rings. The number of aliphatic hydroxyl groups is 1. The molecule has 0 aromatic heterocycles. The van der Waals surface area contributed by atoms with Gasteiger partial charge < -0.3 is 9.84 Å². The molecule has 0 fully saturated rings. The average Bonchev–Trinajstić information content (AvgIpc) is 2.30. The maximum atomic E-state index is 12.4. The fraction of sp³-hybridized carbons (Fsp3) is 0.385. The summed E-state index contributed by atoms with van der Waals surface area (Å²) in [5, 5.41) is 9.21. The molecule has 1 rings (SSSR count). The minimum absolute atomic E-state index is 0.0415. The first-order valence-corrected chi connectivity index (χ1v) is 5.34. The molecule has 100 valence electrons. The molecule has 0 aliphatic carbocycles. The molecule has 0 spiro atoms. The Hall–Kier alpha value is -1.49. The highest BCUT2D eigenvalue weighted by molar-refractivity contribution is 5.63. The molecule has 2 nitrogen and oxygen atoms in total. The lowest BCUT2D eigenvalue weighted by molar-refractivity contribution is -0.191. The highest BCUT2D eigenvalue weighted by Gasteiger charge is 2.40. The topological polar surface area (TPSA) is 29.5 Å². The molecule has 0 aliphatic heterocycles. The molecule has 0 unspecified atom stereocenters. The Bertz CT molecular complexity index is 433. The molecule has 1 aromatic rings. The predicted octanol–water partition coefficient (Wildman–Crippen LogP) is 3.30. The molecule has 0 saturated heterocycles. The van der Waals surface area contributed by atoms with Crippen LogP contribution in [0.1, 0.15) is 18.1 Å². The first kappa shape index (κ1) is 14.6. The van der Waals surface area contributed by atoms with E-state index in [9.17, 15) is 18.3 Å². The Labute approximate surface area is 104 Å². The smallest absolute Gasteiger partial charge is 0.418 e. The van der Waals surface area contributed by atoms with Gasteiger partial charge in [-0.3, -0.25) is 0 Å². The summed E-state index contributed by atoms with van der Waals surface area (Å²) in [7, 11) is 1.28. The molecule has 0 amide bonds.